The highest BCUT2D eigenvalue weighted by Gasteiger charge is 2.22. The van der Waals surface area contributed by atoms with Crippen molar-refractivity contribution in [2.75, 3.05) is 6.61 Å². The van der Waals surface area contributed by atoms with Crippen LogP contribution in [-0.4, -0.2) is 25.8 Å². The summed E-state index contributed by atoms with van der Waals surface area (Å²) >= 11 is 0.900. The first-order valence-electron chi connectivity index (χ1n) is 11.9. The minimum Gasteiger partial charge on any atom is -0.505 e. The van der Waals surface area contributed by atoms with Crippen molar-refractivity contribution in [3.8, 4) is 17.2 Å². The molecule has 0 aliphatic rings. The first-order chi connectivity index (χ1) is 18.3. The SMILES string of the molecule is CC(C)c1cc2oc(=O)c(Sc3ccc(F)cc3)c(O)c2c(=O)n1-c1ccc(OCCn2ccnc2)cc1. The standard InChI is InChI=1S/C28H24FN3O5S/c1-17(2)22-15-23-24(25(33)26(28(35)37-23)38-21-9-3-18(29)4-10-21)27(34)32(22)19-5-7-20(8-6-19)36-14-13-31-12-11-30-16-31/h3-12,15-17,33H,13-14H2,1-2H3. The molecule has 0 unspecified atom stereocenters. The van der Waals surface area contributed by atoms with E-state index in [-0.39, 0.29) is 21.8 Å². The van der Waals surface area contributed by atoms with Gasteiger partial charge in [-0.05, 0) is 54.4 Å². The maximum absolute atomic E-state index is 13.8. The third-order valence-electron chi connectivity index (χ3n) is 5.94. The van der Waals surface area contributed by atoms with E-state index in [0.717, 1.165) is 11.8 Å². The molecule has 3 heterocycles. The first-order valence-corrected chi connectivity index (χ1v) is 12.7. The van der Waals surface area contributed by atoms with Crippen molar-refractivity contribution in [3.63, 3.8) is 0 Å². The fraction of sp³-hybridized carbons (Fsp3) is 0.179. The summed E-state index contributed by atoms with van der Waals surface area (Å²) < 4.78 is 28.0. The number of nitrogens with zero attached hydrogens (tertiary/aromatic N) is 3. The molecule has 5 aromatic rings. The lowest BCUT2D eigenvalue weighted by Gasteiger charge is -2.18. The van der Waals surface area contributed by atoms with E-state index >= 15 is 0 Å². The van der Waals surface area contributed by atoms with Gasteiger partial charge in [0, 0.05) is 34.7 Å². The predicted molar refractivity (Wildman–Crippen MR) is 142 cm³/mol. The lowest BCUT2D eigenvalue weighted by Crippen LogP contribution is -2.24. The Kier molecular flexibility index (Phi) is 7.06. The van der Waals surface area contributed by atoms with Gasteiger partial charge in [0.1, 0.15) is 34.0 Å². The first kappa shape index (κ1) is 25.3. The zero-order valence-corrected chi connectivity index (χ0v) is 21.4. The Morgan fingerprint density at radius 3 is 2.50 bits per heavy atom. The van der Waals surface area contributed by atoms with E-state index < -0.39 is 22.8 Å². The van der Waals surface area contributed by atoms with Gasteiger partial charge in [0.2, 0.25) is 0 Å². The van der Waals surface area contributed by atoms with Crippen LogP contribution in [0, 0.1) is 5.82 Å². The summed E-state index contributed by atoms with van der Waals surface area (Å²) in [7, 11) is 0. The van der Waals surface area contributed by atoms with Crippen molar-refractivity contribution in [2.45, 2.75) is 36.1 Å². The van der Waals surface area contributed by atoms with Gasteiger partial charge in [-0.2, -0.15) is 0 Å². The second-order valence-electron chi connectivity index (χ2n) is 8.87. The van der Waals surface area contributed by atoms with Crippen LogP contribution < -0.4 is 15.9 Å². The number of aromatic hydroxyl groups is 1. The minimum absolute atomic E-state index is 0.000335. The lowest BCUT2D eigenvalue weighted by atomic mass is 10.1. The van der Waals surface area contributed by atoms with Gasteiger partial charge in [-0.3, -0.25) is 9.36 Å². The molecule has 0 bridgehead atoms. The number of aromatic nitrogens is 3. The van der Waals surface area contributed by atoms with E-state index in [2.05, 4.69) is 4.98 Å². The maximum atomic E-state index is 13.8. The van der Waals surface area contributed by atoms with E-state index in [1.165, 1.54) is 28.8 Å². The summed E-state index contributed by atoms with van der Waals surface area (Å²) in [6.07, 6.45) is 5.27. The molecule has 10 heteroatoms. The third kappa shape index (κ3) is 5.08. The van der Waals surface area contributed by atoms with Crippen molar-refractivity contribution in [1.82, 2.24) is 14.1 Å². The zero-order chi connectivity index (χ0) is 26.8. The van der Waals surface area contributed by atoms with E-state index in [0.29, 0.717) is 35.2 Å². The number of rotatable bonds is 8. The Bertz CT molecular complexity index is 1690. The van der Waals surface area contributed by atoms with Gasteiger partial charge >= 0.3 is 5.63 Å². The summed E-state index contributed by atoms with van der Waals surface area (Å²) in [4.78, 5) is 30.9. The molecule has 0 fully saturated rings. The van der Waals surface area contributed by atoms with Crippen LogP contribution in [0.2, 0.25) is 0 Å². The van der Waals surface area contributed by atoms with Gasteiger partial charge in [0.15, 0.2) is 5.75 Å². The van der Waals surface area contributed by atoms with Crippen molar-refractivity contribution in [3.05, 3.63) is 106 Å². The Hall–Kier alpha value is -4.31. The number of ether oxygens (including phenoxy) is 1. The van der Waals surface area contributed by atoms with Crippen LogP contribution in [0.1, 0.15) is 25.5 Å². The molecule has 0 saturated carbocycles. The maximum Gasteiger partial charge on any atom is 0.354 e. The quantitative estimate of drug-likeness (QED) is 0.287. The summed E-state index contributed by atoms with van der Waals surface area (Å²) in [5.41, 5.74) is -0.130. The molecule has 1 N–H and O–H groups in total. The van der Waals surface area contributed by atoms with Crippen LogP contribution in [0.25, 0.3) is 16.7 Å². The highest BCUT2D eigenvalue weighted by atomic mass is 32.2. The fourth-order valence-electron chi connectivity index (χ4n) is 4.04. The third-order valence-corrected chi connectivity index (χ3v) is 7.01. The van der Waals surface area contributed by atoms with Crippen LogP contribution in [0.4, 0.5) is 4.39 Å². The number of imidazole rings is 1. The van der Waals surface area contributed by atoms with Gasteiger partial charge in [-0.25, -0.2) is 14.2 Å². The van der Waals surface area contributed by atoms with Crippen LogP contribution in [-0.2, 0) is 6.54 Å². The van der Waals surface area contributed by atoms with Crippen molar-refractivity contribution in [1.29, 1.82) is 0 Å². The molecule has 0 radical (unpaired) electrons. The molecule has 0 spiro atoms. The molecule has 0 aliphatic carbocycles. The van der Waals surface area contributed by atoms with Gasteiger partial charge in [0.25, 0.3) is 5.56 Å². The Labute approximate surface area is 221 Å². The second kappa shape index (κ2) is 10.6. The fourth-order valence-corrected chi connectivity index (χ4v) is 4.87. The molecular formula is C28H24FN3O5S. The van der Waals surface area contributed by atoms with Crippen molar-refractivity contribution in [2.24, 2.45) is 0 Å². The molecule has 3 aromatic heterocycles. The Morgan fingerprint density at radius 1 is 1.11 bits per heavy atom. The van der Waals surface area contributed by atoms with Crippen LogP contribution in [0.5, 0.6) is 11.5 Å². The van der Waals surface area contributed by atoms with Crippen LogP contribution >= 0.6 is 11.8 Å². The summed E-state index contributed by atoms with van der Waals surface area (Å²) in [6.45, 7) is 4.93. The number of fused-ring (bicyclic) bond motifs is 1. The minimum atomic E-state index is -0.784. The molecule has 0 aliphatic heterocycles. The van der Waals surface area contributed by atoms with Gasteiger partial charge in [0.05, 0.1) is 12.9 Å². The summed E-state index contributed by atoms with van der Waals surface area (Å²) in [5.74, 6) is -0.360. The number of hydrogen-bond donors (Lipinski definition) is 1. The Morgan fingerprint density at radius 2 is 1.84 bits per heavy atom. The molecular weight excluding hydrogens is 509 g/mol. The molecule has 8 nitrogen and oxygen atoms in total. The number of hydrogen-bond acceptors (Lipinski definition) is 7. The molecule has 0 saturated heterocycles. The van der Waals surface area contributed by atoms with Crippen molar-refractivity contribution < 1.29 is 18.7 Å². The molecule has 194 valence electrons. The summed E-state index contributed by atoms with van der Waals surface area (Å²) in [5, 5.41) is 10.9. The number of benzene rings is 2. The summed E-state index contributed by atoms with van der Waals surface area (Å²) in [6, 6.07) is 14.1. The van der Waals surface area contributed by atoms with E-state index in [4.69, 9.17) is 9.15 Å². The van der Waals surface area contributed by atoms with Crippen LogP contribution in [0.3, 0.4) is 0 Å². The predicted octanol–water partition coefficient (Wildman–Crippen LogP) is 5.34. The average Bonchev–Trinajstić information content (AvgIpc) is 3.41. The highest BCUT2D eigenvalue weighted by Crippen LogP contribution is 2.36. The Balaban J connectivity index is 1.53. The zero-order valence-electron chi connectivity index (χ0n) is 20.6. The molecule has 5 rings (SSSR count). The highest BCUT2D eigenvalue weighted by molar-refractivity contribution is 7.99. The molecule has 0 atom stereocenters. The average molecular weight is 534 g/mol. The van der Waals surface area contributed by atoms with Gasteiger partial charge in [-0.1, -0.05) is 25.6 Å². The normalized spacial score (nSPS) is 11.4. The molecule has 0 amide bonds. The van der Waals surface area contributed by atoms with Crippen molar-refractivity contribution >= 4 is 22.7 Å². The lowest BCUT2D eigenvalue weighted by molar-refractivity contribution is 0.298. The van der Waals surface area contributed by atoms with E-state index in [9.17, 15) is 19.1 Å². The monoisotopic (exact) mass is 533 g/mol. The number of pyridine rings is 1. The molecule has 2 aromatic carbocycles. The second-order valence-corrected chi connectivity index (χ2v) is 9.95. The number of halogens is 1. The van der Waals surface area contributed by atoms with E-state index in [1.54, 1.807) is 42.9 Å². The van der Waals surface area contributed by atoms with Crippen LogP contribution in [0.15, 0.2) is 97.1 Å². The largest absolute Gasteiger partial charge is 0.505 e. The topological polar surface area (TPSA) is 99.5 Å². The smallest absolute Gasteiger partial charge is 0.354 e. The van der Waals surface area contributed by atoms with Gasteiger partial charge in [-0.15, -0.1) is 0 Å². The van der Waals surface area contributed by atoms with E-state index in [1.807, 2.05) is 24.6 Å². The van der Waals surface area contributed by atoms with Gasteiger partial charge < -0.3 is 18.8 Å². The molecule has 38 heavy (non-hydrogen) atoms.